The van der Waals surface area contributed by atoms with Crippen LogP contribution in [0.1, 0.15) is 22.5 Å². The number of rotatable bonds is 8. The maximum atomic E-state index is 13.5. The van der Waals surface area contributed by atoms with Gasteiger partial charge in [0.2, 0.25) is 0 Å². The molecule has 0 saturated carbocycles. The largest absolute Gasteiger partial charge is 0.318 e. The molecular formula is C28H25Cl3N4O3S. The van der Waals surface area contributed by atoms with E-state index in [1.54, 1.807) is 12.1 Å². The van der Waals surface area contributed by atoms with Crippen LogP contribution < -0.4 is 9.73 Å². The zero-order valence-corrected chi connectivity index (χ0v) is 24.4. The van der Waals surface area contributed by atoms with Gasteiger partial charge in [-0.2, -0.15) is 5.10 Å². The summed E-state index contributed by atoms with van der Waals surface area (Å²) in [6.07, 6.45) is 1.52. The topological polar surface area (TPSA) is 83.8 Å². The lowest BCUT2D eigenvalue weighted by Gasteiger charge is -2.24. The van der Waals surface area contributed by atoms with Crippen LogP contribution >= 0.6 is 34.8 Å². The summed E-state index contributed by atoms with van der Waals surface area (Å²) in [5, 5.41) is 5.19. The molecule has 0 bridgehead atoms. The van der Waals surface area contributed by atoms with Crippen LogP contribution in [-0.4, -0.2) is 31.7 Å². The Hall–Kier alpha value is -3.30. The van der Waals surface area contributed by atoms with Crippen molar-refractivity contribution in [1.29, 1.82) is 0 Å². The fourth-order valence-corrected chi connectivity index (χ4v) is 6.13. The summed E-state index contributed by atoms with van der Waals surface area (Å²) in [5.74, 6) is -0.649. The minimum Gasteiger partial charge on any atom is -0.318 e. The van der Waals surface area contributed by atoms with Crippen molar-refractivity contribution >= 4 is 62.6 Å². The summed E-state index contributed by atoms with van der Waals surface area (Å²) in [4.78, 5) is 12.9. The molecule has 1 aromatic heterocycles. The van der Waals surface area contributed by atoms with Crippen LogP contribution in [0.2, 0.25) is 15.1 Å². The average molecular weight is 604 g/mol. The normalized spacial score (nSPS) is 11.6. The molecule has 1 heterocycles. The van der Waals surface area contributed by atoms with Gasteiger partial charge < -0.3 is 4.57 Å². The highest BCUT2D eigenvalue weighted by Gasteiger charge is 2.28. The van der Waals surface area contributed by atoms with Gasteiger partial charge in [-0.1, -0.05) is 52.5 Å². The van der Waals surface area contributed by atoms with Crippen molar-refractivity contribution in [3.05, 3.63) is 110 Å². The van der Waals surface area contributed by atoms with Gasteiger partial charge in [-0.25, -0.2) is 13.8 Å². The Kier molecular flexibility index (Phi) is 8.71. The Balaban J connectivity index is 1.57. The van der Waals surface area contributed by atoms with E-state index in [-0.39, 0.29) is 20.6 Å². The van der Waals surface area contributed by atoms with Gasteiger partial charge >= 0.3 is 0 Å². The number of anilines is 1. The monoisotopic (exact) mass is 602 g/mol. The summed E-state index contributed by atoms with van der Waals surface area (Å²) in [6.45, 7) is 5.20. The van der Waals surface area contributed by atoms with Gasteiger partial charge in [-0.05, 0) is 81.4 Å². The number of nitrogens with zero attached hydrogens (tertiary/aromatic N) is 3. The molecule has 4 aromatic rings. The van der Waals surface area contributed by atoms with Gasteiger partial charge in [0.05, 0.1) is 16.8 Å². The number of hydrogen-bond acceptors (Lipinski definition) is 4. The van der Waals surface area contributed by atoms with Crippen molar-refractivity contribution in [1.82, 2.24) is 9.99 Å². The molecule has 3 aromatic carbocycles. The van der Waals surface area contributed by atoms with Crippen molar-refractivity contribution < 1.29 is 13.2 Å². The first kappa shape index (κ1) is 28.7. The minimum absolute atomic E-state index is 0.0233. The summed E-state index contributed by atoms with van der Waals surface area (Å²) < 4.78 is 30.1. The third kappa shape index (κ3) is 6.65. The van der Waals surface area contributed by atoms with Crippen LogP contribution in [0.25, 0.3) is 5.69 Å². The lowest BCUT2D eigenvalue weighted by molar-refractivity contribution is -0.119. The molecule has 0 unspecified atom stereocenters. The van der Waals surface area contributed by atoms with Crippen LogP contribution in [0.15, 0.2) is 82.8 Å². The minimum atomic E-state index is -4.13. The molecule has 1 amide bonds. The highest BCUT2D eigenvalue weighted by atomic mass is 35.5. The van der Waals surface area contributed by atoms with Crippen LogP contribution in [0.5, 0.6) is 0 Å². The van der Waals surface area contributed by atoms with Crippen molar-refractivity contribution in [2.45, 2.75) is 25.7 Å². The number of aromatic nitrogens is 1. The standard InChI is InChI=1S/C28H25Cl3N4O3S/c1-18-4-10-27(11-5-18)39(37,38)34(26-14-23(30)13-24(31)15-26)17-28(36)33-32-16-21-12-19(2)35(20(21)3)25-8-6-22(29)7-9-25/h4-16H,17H2,1-3H3,(H,33,36)/b32-16-. The lowest BCUT2D eigenvalue weighted by Crippen LogP contribution is -2.39. The number of nitrogens with one attached hydrogen (secondary N) is 1. The Morgan fingerprint density at radius 3 is 2.13 bits per heavy atom. The highest BCUT2D eigenvalue weighted by molar-refractivity contribution is 7.92. The molecule has 202 valence electrons. The molecule has 0 atom stereocenters. The summed E-state index contributed by atoms with van der Waals surface area (Å²) >= 11 is 18.3. The molecule has 0 aliphatic rings. The highest BCUT2D eigenvalue weighted by Crippen LogP contribution is 2.30. The number of hydrogen-bond donors (Lipinski definition) is 1. The average Bonchev–Trinajstić information content (AvgIpc) is 3.15. The molecule has 0 spiro atoms. The Morgan fingerprint density at radius 1 is 0.897 bits per heavy atom. The van der Waals surface area contributed by atoms with Gasteiger partial charge in [-0.3, -0.25) is 9.10 Å². The van der Waals surface area contributed by atoms with E-state index in [4.69, 9.17) is 34.8 Å². The molecule has 39 heavy (non-hydrogen) atoms. The van der Waals surface area contributed by atoms with Gasteiger partial charge in [0.25, 0.3) is 15.9 Å². The number of aryl methyl sites for hydroxylation is 2. The third-order valence-electron chi connectivity index (χ3n) is 5.98. The van der Waals surface area contributed by atoms with Crippen LogP contribution in [0, 0.1) is 20.8 Å². The molecule has 0 fully saturated rings. The first-order valence-corrected chi connectivity index (χ1v) is 14.4. The molecular weight excluding hydrogens is 579 g/mol. The molecule has 0 saturated heterocycles. The van der Waals surface area contributed by atoms with Crippen LogP contribution in [0.4, 0.5) is 5.69 Å². The number of benzene rings is 3. The first-order chi connectivity index (χ1) is 18.5. The van der Waals surface area contributed by atoms with Crippen molar-refractivity contribution in [2.75, 3.05) is 10.8 Å². The summed E-state index contributed by atoms with van der Waals surface area (Å²) in [5.41, 5.74) is 7.08. The summed E-state index contributed by atoms with van der Waals surface area (Å²) in [6, 6.07) is 20.1. The van der Waals surface area contributed by atoms with E-state index in [2.05, 4.69) is 10.5 Å². The molecule has 11 heteroatoms. The number of amides is 1. The molecule has 0 radical (unpaired) electrons. The zero-order chi connectivity index (χ0) is 28.3. The molecule has 0 aliphatic heterocycles. The van der Waals surface area contributed by atoms with E-state index < -0.39 is 22.5 Å². The number of carbonyl (C=O) groups excluding carboxylic acids is 1. The maximum Gasteiger partial charge on any atom is 0.264 e. The predicted molar refractivity (Wildman–Crippen MR) is 158 cm³/mol. The first-order valence-electron chi connectivity index (χ1n) is 11.8. The SMILES string of the molecule is Cc1ccc(S(=O)(=O)N(CC(=O)N/N=C\c2cc(C)n(-c3ccc(Cl)cc3)c2C)c2cc(Cl)cc(Cl)c2)cc1. The third-order valence-corrected chi connectivity index (χ3v) is 8.46. The maximum absolute atomic E-state index is 13.5. The van der Waals surface area contributed by atoms with E-state index in [1.807, 2.05) is 55.7 Å². The quantitative estimate of drug-likeness (QED) is 0.180. The number of carbonyl (C=O) groups is 1. The number of sulfonamides is 1. The van der Waals surface area contributed by atoms with Gasteiger partial charge in [0.1, 0.15) is 6.54 Å². The number of hydrazone groups is 1. The fourth-order valence-electron chi connectivity index (χ4n) is 4.08. The van der Waals surface area contributed by atoms with Crippen molar-refractivity contribution in [2.24, 2.45) is 5.10 Å². The zero-order valence-electron chi connectivity index (χ0n) is 21.3. The Bertz CT molecular complexity index is 1630. The predicted octanol–water partition coefficient (Wildman–Crippen LogP) is 6.71. The van der Waals surface area contributed by atoms with E-state index in [9.17, 15) is 13.2 Å². The molecule has 4 rings (SSSR count). The van der Waals surface area contributed by atoms with E-state index >= 15 is 0 Å². The second-order valence-electron chi connectivity index (χ2n) is 8.88. The van der Waals surface area contributed by atoms with Crippen molar-refractivity contribution in [3.8, 4) is 5.69 Å². The van der Waals surface area contributed by atoms with E-state index in [0.717, 1.165) is 32.5 Å². The summed E-state index contributed by atoms with van der Waals surface area (Å²) in [7, 11) is -4.13. The van der Waals surface area contributed by atoms with Crippen molar-refractivity contribution in [3.63, 3.8) is 0 Å². The smallest absolute Gasteiger partial charge is 0.264 e. The van der Waals surface area contributed by atoms with Gasteiger partial charge in [-0.15, -0.1) is 0 Å². The van der Waals surface area contributed by atoms with E-state index in [1.165, 1.54) is 36.5 Å². The van der Waals surface area contributed by atoms with Gasteiger partial charge in [0.15, 0.2) is 0 Å². The Morgan fingerprint density at radius 2 is 1.51 bits per heavy atom. The van der Waals surface area contributed by atoms with E-state index in [0.29, 0.717) is 5.02 Å². The fraction of sp³-hybridized carbons (Fsp3) is 0.143. The second-order valence-corrected chi connectivity index (χ2v) is 12.1. The van der Waals surface area contributed by atoms with Crippen LogP contribution in [0.3, 0.4) is 0 Å². The molecule has 7 nitrogen and oxygen atoms in total. The lowest BCUT2D eigenvalue weighted by atomic mass is 10.2. The Labute approximate surface area is 242 Å². The number of halogens is 3. The second kappa shape index (κ2) is 11.8. The molecule has 1 N–H and O–H groups in total. The van der Waals surface area contributed by atoms with Crippen LogP contribution in [-0.2, 0) is 14.8 Å². The van der Waals surface area contributed by atoms with Gasteiger partial charge in [0, 0.05) is 37.7 Å². The molecule has 0 aliphatic carbocycles.